The molecule has 1 rings (SSSR count). The van der Waals surface area contributed by atoms with E-state index in [9.17, 15) is 19.2 Å². The van der Waals surface area contributed by atoms with Crippen molar-refractivity contribution in [3.8, 4) is 0 Å². The molecule has 1 saturated heterocycles. The van der Waals surface area contributed by atoms with Crippen LogP contribution in [0.4, 0.5) is 4.79 Å². The lowest BCUT2D eigenvalue weighted by atomic mass is 9.93. The molecular weight excluding hydrogens is 362 g/mol. The molecule has 0 saturated carbocycles. The van der Waals surface area contributed by atoms with E-state index >= 15 is 0 Å². The van der Waals surface area contributed by atoms with Gasteiger partial charge in [-0.3, -0.25) is 14.4 Å². The summed E-state index contributed by atoms with van der Waals surface area (Å²) in [6, 6.07) is -0.871. The molecule has 10 heteroatoms. The number of esters is 3. The Morgan fingerprint density at radius 2 is 1.59 bits per heavy atom. The van der Waals surface area contributed by atoms with Gasteiger partial charge in [0.2, 0.25) is 0 Å². The number of hydrogen-bond donors (Lipinski definition) is 1. The van der Waals surface area contributed by atoms with E-state index in [0.29, 0.717) is 0 Å². The zero-order valence-electron chi connectivity index (χ0n) is 15.8. The molecule has 1 N–H and O–H groups in total. The summed E-state index contributed by atoms with van der Waals surface area (Å²) >= 11 is 0. The molecule has 10 nitrogen and oxygen atoms in total. The van der Waals surface area contributed by atoms with Crippen molar-refractivity contribution in [1.82, 2.24) is 5.32 Å². The molecule has 0 bridgehead atoms. The van der Waals surface area contributed by atoms with Crippen molar-refractivity contribution in [2.45, 2.75) is 58.2 Å². The van der Waals surface area contributed by atoms with Crippen molar-refractivity contribution in [3.63, 3.8) is 0 Å². The first-order chi connectivity index (χ1) is 12.6. The van der Waals surface area contributed by atoms with Gasteiger partial charge in [-0.1, -0.05) is 12.7 Å². The van der Waals surface area contributed by atoms with Gasteiger partial charge in [-0.25, -0.2) is 4.79 Å². The Morgan fingerprint density at radius 3 is 2.11 bits per heavy atom. The highest BCUT2D eigenvalue weighted by atomic mass is 16.6. The maximum Gasteiger partial charge on any atom is 0.407 e. The summed E-state index contributed by atoms with van der Waals surface area (Å²) in [5.74, 6) is -1.86. The second-order valence-corrected chi connectivity index (χ2v) is 5.89. The fourth-order valence-electron chi connectivity index (χ4n) is 2.63. The van der Waals surface area contributed by atoms with Crippen LogP contribution in [0, 0.1) is 0 Å². The summed E-state index contributed by atoms with van der Waals surface area (Å²) in [7, 11) is 0. The number of amides is 1. The monoisotopic (exact) mass is 387 g/mol. The first kappa shape index (κ1) is 22.4. The third-order valence-electron chi connectivity index (χ3n) is 3.61. The minimum atomic E-state index is -1.10. The van der Waals surface area contributed by atoms with Crippen LogP contribution in [-0.4, -0.2) is 67.7 Å². The molecule has 1 aliphatic heterocycles. The summed E-state index contributed by atoms with van der Waals surface area (Å²) in [5, 5.41) is 2.54. The minimum Gasteiger partial charge on any atom is -0.463 e. The maximum absolute atomic E-state index is 11.9. The lowest BCUT2D eigenvalue weighted by Crippen LogP contribution is -2.65. The van der Waals surface area contributed by atoms with Gasteiger partial charge in [0.25, 0.3) is 0 Å². The van der Waals surface area contributed by atoms with E-state index in [2.05, 4.69) is 11.9 Å². The van der Waals surface area contributed by atoms with E-state index in [1.165, 1.54) is 26.8 Å². The third kappa shape index (κ3) is 7.26. The van der Waals surface area contributed by atoms with Crippen molar-refractivity contribution >= 4 is 24.0 Å². The molecule has 0 aromatic heterocycles. The van der Waals surface area contributed by atoms with Crippen molar-refractivity contribution in [2.75, 3.05) is 13.2 Å². The zero-order chi connectivity index (χ0) is 20.6. The molecule has 0 aromatic carbocycles. The Balaban J connectivity index is 3.08. The Labute approximate surface area is 157 Å². The van der Waals surface area contributed by atoms with Crippen LogP contribution in [0.25, 0.3) is 0 Å². The fraction of sp³-hybridized carbons (Fsp3) is 0.647. The Bertz CT molecular complexity index is 577. The van der Waals surface area contributed by atoms with Gasteiger partial charge < -0.3 is 29.0 Å². The lowest BCUT2D eigenvalue weighted by molar-refractivity contribution is -0.220. The number of carbonyl (C=O) groups excluding carboxylic acids is 4. The van der Waals surface area contributed by atoms with Gasteiger partial charge in [0.05, 0.1) is 12.1 Å². The molecule has 4 unspecified atom stereocenters. The molecule has 1 amide bonds. The summed E-state index contributed by atoms with van der Waals surface area (Å²) in [6.07, 6.45) is -3.13. The van der Waals surface area contributed by atoms with Gasteiger partial charge in [-0.15, -0.1) is 0 Å². The van der Waals surface area contributed by atoms with Crippen LogP contribution < -0.4 is 5.32 Å². The van der Waals surface area contributed by atoms with Crippen LogP contribution in [0.15, 0.2) is 12.7 Å². The third-order valence-corrected chi connectivity index (χ3v) is 3.61. The van der Waals surface area contributed by atoms with Gasteiger partial charge >= 0.3 is 24.0 Å². The normalized spacial score (nSPS) is 27.0. The standard InChI is InChI=1S/C17H25NO9/c1-6-7-23-17(22)18-14-9(2)25-13(8-24-10(3)19)15(26-11(4)20)16(14)27-12(5)21/h6,9,13-16H,1,7-8H2,2-5H3,(H,18,22)/t9?,13?,14?,15-,16?/m0/s1. The van der Waals surface area contributed by atoms with Gasteiger partial charge in [-0.2, -0.15) is 0 Å². The summed E-state index contributed by atoms with van der Waals surface area (Å²) in [6.45, 7) is 8.40. The van der Waals surface area contributed by atoms with Crippen LogP contribution in [-0.2, 0) is 38.1 Å². The number of rotatable bonds is 7. The van der Waals surface area contributed by atoms with Crippen LogP contribution in [0.3, 0.4) is 0 Å². The number of ether oxygens (including phenoxy) is 5. The Hall–Kier alpha value is -2.62. The number of alkyl carbamates (subject to hydrolysis) is 1. The lowest BCUT2D eigenvalue weighted by Gasteiger charge is -2.44. The first-order valence-electron chi connectivity index (χ1n) is 8.33. The minimum absolute atomic E-state index is 0.0194. The predicted octanol–water partition coefficient (Wildman–Crippen LogP) is 0.481. The molecular formula is C17H25NO9. The molecule has 1 fully saturated rings. The first-order valence-corrected chi connectivity index (χ1v) is 8.33. The topological polar surface area (TPSA) is 126 Å². The Kier molecular flexibility index (Phi) is 8.73. The number of hydrogen-bond acceptors (Lipinski definition) is 9. The van der Waals surface area contributed by atoms with E-state index < -0.39 is 54.5 Å². The average molecular weight is 387 g/mol. The van der Waals surface area contributed by atoms with Gasteiger partial charge in [0.1, 0.15) is 19.3 Å². The van der Waals surface area contributed by atoms with Crippen LogP contribution >= 0.6 is 0 Å². The summed E-state index contributed by atoms with van der Waals surface area (Å²) in [4.78, 5) is 46.1. The largest absolute Gasteiger partial charge is 0.463 e. The zero-order valence-corrected chi connectivity index (χ0v) is 15.8. The van der Waals surface area contributed by atoms with Gasteiger partial charge in [-0.05, 0) is 6.92 Å². The van der Waals surface area contributed by atoms with Crippen molar-refractivity contribution in [2.24, 2.45) is 0 Å². The highest BCUT2D eigenvalue weighted by molar-refractivity contribution is 5.69. The fourth-order valence-corrected chi connectivity index (χ4v) is 2.63. The van der Waals surface area contributed by atoms with E-state index in [1.807, 2.05) is 0 Å². The number of nitrogens with one attached hydrogen (secondary N) is 1. The highest BCUT2D eigenvalue weighted by Crippen LogP contribution is 2.27. The predicted molar refractivity (Wildman–Crippen MR) is 90.5 cm³/mol. The van der Waals surface area contributed by atoms with E-state index in [-0.39, 0.29) is 13.2 Å². The second-order valence-electron chi connectivity index (χ2n) is 5.89. The smallest absolute Gasteiger partial charge is 0.407 e. The van der Waals surface area contributed by atoms with Crippen LogP contribution in [0.1, 0.15) is 27.7 Å². The highest BCUT2D eigenvalue weighted by Gasteiger charge is 2.49. The second kappa shape index (κ2) is 10.5. The van der Waals surface area contributed by atoms with E-state index in [1.54, 1.807) is 6.92 Å². The molecule has 1 heterocycles. The van der Waals surface area contributed by atoms with Crippen molar-refractivity contribution in [3.05, 3.63) is 12.7 Å². The molecule has 152 valence electrons. The van der Waals surface area contributed by atoms with E-state index in [4.69, 9.17) is 23.7 Å². The number of carbonyl (C=O) groups is 4. The molecule has 5 atom stereocenters. The van der Waals surface area contributed by atoms with E-state index in [0.717, 1.165) is 0 Å². The Morgan fingerprint density at radius 1 is 1.00 bits per heavy atom. The SMILES string of the molecule is C=CCOC(=O)NC1C(C)OC(COC(C)=O)[C@H](OC(C)=O)C1OC(C)=O. The van der Waals surface area contributed by atoms with Crippen LogP contribution in [0.2, 0.25) is 0 Å². The average Bonchev–Trinajstić information content (AvgIpc) is 2.56. The van der Waals surface area contributed by atoms with Crippen molar-refractivity contribution in [1.29, 1.82) is 0 Å². The summed E-state index contributed by atoms with van der Waals surface area (Å²) < 4.78 is 26.1. The van der Waals surface area contributed by atoms with Gasteiger partial charge in [0.15, 0.2) is 12.2 Å². The molecule has 0 radical (unpaired) electrons. The molecule has 1 aliphatic rings. The quantitative estimate of drug-likeness (QED) is 0.377. The van der Waals surface area contributed by atoms with Crippen molar-refractivity contribution < 1.29 is 42.9 Å². The molecule has 0 aromatic rings. The van der Waals surface area contributed by atoms with Crippen LogP contribution in [0.5, 0.6) is 0 Å². The van der Waals surface area contributed by atoms with Gasteiger partial charge in [0, 0.05) is 20.8 Å². The maximum atomic E-state index is 11.9. The molecule has 0 spiro atoms. The molecule has 0 aliphatic carbocycles. The molecule has 27 heavy (non-hydrogen) atoms. The summed E-state index contributed by atoms with van der Waals surface area (Å²) in [5.41, 5.74) is 0.